The maximum atomic E-state index is 7.08. The normalized spacial score (nSPS) is 23.7. The number of benzene rings is 3. The highest BCUT2D eigenvalue weighted by atomic mass is 35.5. The Bertz CT molecular complexity index is 1320. The molecule has 3 heterocycles. The third kappa shape index (κ3) is 5.30. The summed E-state index contributed by atoms with van der Waals surface area (Å²) in [5, 5.41) is 0.416. The average Bonchev–Trinajstić information content (AvgIpc) is 3.43. The molecular formula is C33H33ClN2O4. The van der Waals surface area contributed by atoms with Crippen molar-refractivity contribution in [2.75, 3.05) is 6.61 Å². The van der Waals surface area contributed by atoms with Gasteiger partial charge in [0.15, 0.2) is 5.79 Å². The van der Waals surface area contributed by atoms with Crippen LogP contribution < -0.4 is 0 Å². The van der Waals surface area contributed by atoms with Crippen LogP contribution in [0, 0.1) is 6.92 Å². The third-order valence-electron chi connectivity index (χ3n) is 7.52. The van der Waals surface area contributed by atoms with Crippen molar-refractivity contribution < 1.29 is 18.9 Å². The molecule has 0 spiro atoms. The van der Waals surface area contributed by atoms with Crippen LogP contribution in [0.4, 0.5) is 0 Å². The fourth-order valence-electron chi connectivity index (χ4n) is 5.95. The number of halogens is 1. The molecule has 2 aliphatic rings. The summed E-state index contributed by atoms with van der Waals surface area (Å²) in [7, 11) is 0. The summed E-state index contributed by atoms with van der Waals surface area (Å²) in [5.41, 5.74) is 3.06. The number of nitrogens with zero attached hydrogens (tertiary/aromatic N) is 2. The maximum Gasteiger partial charge on any atom is 0.164 e. The number of hydrogen-bond acceptors (Lipinski definition) is 6. The summed E-state index contributed by atoms with van der Waals surface area (Å²) in [6.45, 7) is 6.00. The van der Waals surface area contributed by atoms with E-state index in [1.54, 1.807) is 6.07 Å². The number of rotatable bonds is 8. The predicted molar refractivity (Wildman–Crippen MR) is 153 cm³/mol. The Kier molecular flexibility index (Phi) is 7.46. The first-order chi connectivity index (χ1) is 19.3. The summed E-state index contributed by atoms with van der Waals surface area (Å²) in [5.74, 6) is -0.108. The Balaban J connectivity index is 1.35. The second-order valence-corrected chi connectivity index (χ2v) is 11.2. The quantitative estimate of drug-likeness (QED) is 0.188. The Morgan fingerprint density at radius 3 is 1.77 bits per heavy atom. The molecule has 0 bridgehead atoms. The minimum absolute atomic E-state index is 0.266. The number of aromatic nitrogens is 2. The molecule has 7 heteroatoms. The molecule has 0 amide bonds. The molecule has 2 aliphatic heterocycles. The molecule has 4 aromatic rings. The van der Waals surface area contributed by atoms with Crippen LogP contribution in [0.2, 0.25) is 5.15 Å². The highest BCUT2D eigenvalue weighted by Gasteiger charge is 2.55. The number of fused-ring (bicyclic) bond motifs is 1. The van der Waals surface area contributed by atoms with Crippen LogP contribution >= 0.6 is 11.6 Å². The van der Waals surface area contributed by atoms with E-state index in [4.69, 9.17) is 30.5 Å². The van der Waals surface area contributed by atoms with Gasteiger partial charge in [0, 0.05) is 12.1 Å². The van der Waals surface area contributed by atoms with Crippen molar-refractivity contribution in [2.45, 2.75) is 63.0 Å². The van der Waals surface area contributed by atoms with E-state index in [0.29, 0.717) is 24.0 Å². The van der Waals surface area contributed by atoms with Gasteiger partial charge < -0.3 is 18.9 Å². The van der Waals surface area contributed by atoms with E-state index in [0.717, 1.165) is 22.4 Å². The largest absolute Gasteiger partial charge is 0.367 e. The molecule has 6 nitrogen and oxygen atoms in total. The second-order valence-electron chi connectivity index (χ2n) is 10.8. The molecule has 0 N–H and O–H groups in total. The van der Waals surface area contributed by atoms with Crippen molar-refractivity contribution in [1.82, 2.24) is 9.97 Å². The summed E-state index contributed by atoms with van der Waals surface area (Å²) >= 11 is 6.23. The number of hydrogen-bond donors (Lipinski definition) is 0. The van der Waals surface area contributed by atoms with Crippen LogP contribution in [-0.2, 0) is 31.0 Å². The summed E-state index contributed by atoms with van der Waals surface area (Å²) in [4.78, 5) is 8.77. The van der Waals surface area contributed by atoms with Crippen LogP contribution in [0.15, 0.2) is 97.1 Å². The van der Waals surface area contributed by atoms with Gasteiger partial charge in [-0.2, -0.15) is 0 Å². The molecule has 1 aromatic heterocycles. The molecule has 1 unspecified atom stereocenters. The van der Waals surface area contributed by atoms with E-state index in [1.165, 1.54) is 0 Å². The fourth-order valence-corrected chi connectivity index (χ4v) is 6.19. The molecule has 6 rings (SSSR count). The van der Waals surface area contributed by atoms with Crippen molar-refractivity contribution in [3.8, 4) is 0 Å². The topological polar surface area (TPSA) is 62.7 Å². The minimum Gasteiger partial charge on any atom is -0.367 e. The first-order valence-corrected chi connectivity index (χ1v) is 14.0. The van der Waals surface area contributed by atoms with E-state index < -0.39 is 11.4 Å². The lowest BCUT2D eigenvalue weighted by atomic mass is 9.80. The zero-order valence-corrected chi connectivity index (χ0v) is 23.6. The second kappa shape index (κ2) is 11.0. The van der Waals surface area contributed by atoms with Gasteiger partial charge >= 0.3 is 0 Å². The predicted octanol–water partition coefficient (Wildman–Crippen LogP) is 6.28. The first kappa shape index (κ1) is 27.1. The number of aryl methyl sites for hydroxylation is 1. The lowest BCUT2D eigenvalue weighted by Gasteiger charge is -2.37. The summed E-state index contributed by atoms with van der Waals surface area (Å²) < 4.78 is 26.5. The smallest absolute Gasteiger partial charge is 0.164 e. The van der Waals surface area contributed by atoms with E-state index in [2.05, 4.69) is 46.4 Å². The highest BCUT2D eigenvalue weighted by molar-refractivity contribution is 6.29. The van der Waals surface area contributed by atoms with Gasteiger partial charge in [0.05, 0.1) is 12.7 Å². The zero-order chi connectivity index (χ0) is 27.7. The van der Waals surface area contributed by atoms with E-state index >= 15 is 0 Å². The lowest BCUT2D eigenvalue weighted by molar-refractivity contribution is -0.195. The maximum absolute atomic E-state index is 7.08. The Morgan fingerprint density at radius 1 is 0.775 bits per heavy atom. The van der Waals surface area contributed by atoms with Crippen LogP contribution in [0.5, 0.6) is 0 Å². The zero-order valence-electron chi connectivity index (χ0n) is 22.9. The van der Waals surface area contributed by atoms with Gasteiger partial charge in [0.1, 0.15) is 34.9 Å². The molecule has 0 saturated carbocycles. The SMILES string of the molecule is Cc1nc(Cl)cc(CC2O[C@H](COC(c3ccccc3)(c3ccccc3)c3ccccc3)[C@H]3OC(C)(C)O[C@@H]23)n1. The third-order valence-corrected chi connectivity index (χ3v) is 7.71. The Labute approximate surface area is 240 Å². The van der Waals surface area contributed by atoms with Gasteiger partial charge in [-0.1, -0.05) is 103 Å². The summed E-state index contributed by atoms with van der Waals surface area (Å²) in [6.07, 6.45) is -0.659. The lowest BCUT2D eigenvalue weighted by Crippen LogP contribution is -2.39. The van der Waals surface area contributed by atoms with Crippen molar-refractivity contribution in [3.63, 3.8) is 0 Å². The van der Waals surface area contributed by atoms with Gasteiger partial charge in [-0.25, -0.2) is 9.97 Å². The van der Waals surface area contributed by atoms with E-state index in [1.807, 2.05) is 75.4 Å². The first-order valence-electron chi connectivity index (χ1n) is 13.7. The van der Waals surface area contributed by atoms with Crippen LogP contribution in [0.25, 0.3) is 0 Å². The van der Waals surface area contributed by atoms with Crippen molar-refractivity contribution >= 4 is 11.6 Å². The molecule has 4 atom stereocenters. The van der Waals surface area contributed by atoms with Crippen LogP contribution in [0.1, 0.15) is 42.1 Å². The minimum atomic E-state index is -0.854. The molecule has 40 heavy (non-hydrogen) atoms. The van der Waals surface area contributed by atoms with Crippen LogP contribution in [-0.4, -0.2) is 46.8 Å². The van der Waals surface area contributed by atoms with Gasteiger partial charge in [0.2, 0.25) is 0 Å². The monoisotopic (exact) mass is 556 g/mol. The van der Waals surface area contributed by atoms with Crippen LogP contribution in [0.3, 0.4) is 0 Å². The molecule has 2 fully saturated rings. The van der Waals surface area contributed by atoms with Gasteiger partial charge in [0.25, 0.3) is 0 Å². The molecule has 0 aliphatic carbocycles. The van der Waals surface area contributed by atoms with E-state index in [9.17, 15) is 0 Å². The molecule has 3 aromatic carbocycles. The van der Waals surface area contributed by atoms with Crippen molar-refractivity contribution in [3.05, 3.63) is 130 Å². The van der Waals surface area contributed by atoms with Crippen molar-refractivity contribution in [1.29, 1.82) is 0 Å². The molecule has 206 valence electrons. The molecular weight excluding hydrogens is 524 g/mol. The molecule has 2 saturated heterocycles. The Morgan fingerprint density at radius 2 is 1.27 bits per heavy atom. The van der Waals surface area contributed by atoms with E-state index in [-0.39, 0.29) is 24.4 Å². The van der Waals surface area contributed by atoms with Gasteiger partial charge in [-0.3, -0.25) is 0 Å². The highest BCUT2D eigenvalue weighted by Crippen LogP contribution is 2.44. The van der Waals surface area contributed by atoms with Gasteiger partial charge in [-0.15, -0.1) is 0 Å². The average molecular weight is 557 g/mol. The summed E-state index contributed by atoms with van der Waals surface area (Å²) in [6, 6.07) is 32.8. The number of ether oxygens (including phenoxy) is 4. The van der Waals surface area contributed by atoms with Crippen molar-refractivity contribution in [2.24, 2.45) is 0 Å². The van der Waals surface area contributed by atoms with Gasteiger partial charge in [-0.05, 0) is 43.5 Å². The molecule has 0 radical (unpaired) electrons. The Hall–Kier alpha value is -3.13. The standard InChI is InChI=1S/C33H33ClN2O4/c1-22-35-26(20-29(34)36-22)19-27-30-31(40-32(2,3)39-30)28(38-27)21-37-33(23-13-7-4-8-14-23,24-15-9-5-10-16-24)25-17-11-6-12-18-25/h4-18,20,27-28,30-31H,19,21H2,1-3H3/t27?,28-,30+,31-/m1/s1. The fraction of sp³-hybridized carbons (Fsp3) is 0.333.